The topological polar surface area (TPSA) is 144 Å². The molecule has 11 nitrogen and oxygen atoms in total. The summed E-state index contributed by atoms with van der Waals surface area (Å²) in [5.74, 6) is -0.531. The lowest BCUT2D eigenvalue weighted by Gasteiger charge is -2.14. The van der Waals surface area contributed by atoms with E-state index in [1.165, 1.54) is 55.7 Å². The van der Waals surface area contributed by atoms with Gasteiger partial charge in [0.1, 0.15) is 4.90 Å². The number of methoxy groups -OCH3 is 2. The lowest BCUT2D eigenvalue weighted by molar-refractivity contribution is 0.173. The van der Waals surface area contributed by atoms with Crippen molar-refractivity contribution in [1.29, 1.82) is 0 Å². The molecule has 0 atom stereocenters. The van der Waals surface area contributed by atoms with Gasteiger partial charge in [-0.25, -0.2) is 17.9 Å². The fourth-order valence-corrected chi connectivity index (χ4v) is 4.26. The highest BCUT2D eigenvalue weighted by atomic mass is 35.5. The first-order valence-corrected chi connectivity index (χ1v) is 11.0. The zero-order valence-corrected chi connectivity index (χ0v) is 18.8. The second kappa shape index (κ2) is 8.77. The average Bonchev–Trinajstić information content (AvgIpc) is 3.20. The van der Waals surface area contributed by atoms with Gasteiger partial charge in [0.05, 0.1) is 36.6 Å². The van der Waals surface area contributed by atoms with Crippen LogP contribution in [0.1, 0.15) is 0 Å². The molecule has 3 aromatic heterocycles. The number of fused-ring (bicyclic) bond motifs is 1. The molecule has 172 valence electrons. The van der Waals surface area contributed by atoms with Gasteiger partial charge in [-0.2, -0.15) is 9.97 Å². The molecule has 0 aliphatic carbocycles. The average molecular weight is 495 g/mol. The Labute approximate surface area is 192 Å². The Morgan fingerprint density at radius 3 is 2.39 bits per heavy atom. The van der Waals surface area contributed by atoms with Crippen LogP contribution >= 0.6 is 11.6 Å². The molecule has 0 saturated heterocycles. The normalized spacial score (nSPS) is 11.5. The van der Waals surface area contributed by atoms with E-state index in [9.17, 15) is 12.8 Å². The number of primary sulfonamides is 1. The molecule has 14 heteroatoms. The molecular weight excluding hydrogens is 479 g/mol. The van der Waals surface area contributed by atoms with E-state index in [1.807, 2.05) is 0 Å². The first kappa shape index (κ1) is 22.6. The first-order valence-electron chi connectivity index (χ1n) is 9.12. The number of alkyl halides is 1. The summed E-state index contributed by atoms with van der Waals surface area (Å²) in [6, 6.07) is 3.02. The summed E-state index contributed by atoms with van der Waals surface area (Å²) in [7, 11) is -1.58. The predicted molar refractivity (Wildman–Crippen MR) is 116 cm³/mol. The summed E-state index contributed by atoms with van der Waals surface area (Å²) in [5.41, 5.74) is 1.02. The summed E-state index contributed by atoms with van der Waals surface area (Å²) >= 11 is 6.49. The molecule has 33 heavy (non-hydrogen) atoms. The summed E-state index contributed by atoms with van der Waals surface area (Å²) in [4.78, 5) is 16.6. The van der Waals surface area contributed by atoms with Crippen LogP contribution in [0.5, 0.6) is 17.5 Å². The molecule has 0 spiro atoms. The molecule has 1 aromatic carbocycles. The van der Waals surface area contributed by atoms with Crippen LogP contribution in [0.15, 0.2) is 41.8 Å². The second-order valence-corrected chi connectivity index (χ2v) is 8.38. The molecule has 4 rings (SSSR count). The highest BCUT2D eigenvalue weighted by Gasteiger charge is 2.26. The van der Waals surface area contributed by atoms with Gasteiger partial charge in [0.25, 0.3) is 11.8 Å². The van der Waals surface area contributed by atoms with Crippen molar-refractivity contribution in [3.8, 4) is 34.7 Å². The zero-order valence-electron chi connectivity index (χ0n) is 17.2. The van der Waals surface area contributed by atoms with E-state index >= 15 is 0 Å². The van der Waals surface area contributed by atoms with E-state index in [4.69, 9.17) is 31.0 Å². The summed E-state index contributed by atoms with van der Waals surface area (Å²) in [6.07, 6.45) is 5.65. The van der Waals surface area contributed by atoms with Crippen molar-refractivity contribution in [1.82, 2.24) is 24.5 Å². The van der Waals surface area contributed by atoms with E-state index in [2.05, 4.69) is 19.9 Å². The quantitative estimate of drug-likeness (QED) is 0.409. The van der Waals surface area contributed by atoms with Gasteiger partial charge in [0.2, 0.25) is 28.6 Å². The Bertz CT molecular complexity index is 1420. The van der Waals surface area contributed by atoms with E-state index in [0.29, 0.717) is 11.3 Å². The number of nitrogens with zero attached hydrogens (tertiary/aromatic N) is 5. The molecule has 0 aliphatic heterocycles. The molecule has 0 unspecified atom stereocenters. The number of rotatable bonds is 7. The molecule has 0 fully saturated rings. The Morgan fingerprint density at radius 2 is 1.85 bits per heavy atom. The minimum absolute atomic E-state index is 0.0813. The van der Waals surface area contributed by atoms with Gasteiger partial charge < -0.3 is 14.2 Å². The van der Waals surface area contributed by atoms with Crippen molar-refractivity contribution < 1.29 is 27.0 Å². The maximum atomic E-state index is 12.9. The van der Waals surface area contributed by atoms with Crippen molar-refractivity contribution in [3.05, 3.63) is 41.9 Å². The van der Waals surface area contributed by atoms with Crippen molar-refractivity contribution in [3.63, 3.8) is 0 Å². The molecule has 4 aromatic rings. The molecule has 2 N–H and O–H groups in total. The number of hydrogen-bond acceptors (Lipinski definition) is 9. The molecule has 0 aliphatic rings. The monoisotopic (exact) mass is 494 g/mol. The van der Waals surface area contributed by atoms with Crippen LogP contribution in [-0.2, 0) is 10.0 Å². The number of nitrogens with two attached hydrogens (primary N) is 1. The van der Waals surface area contributed by atoms with Crippen LogP contribution in [0.3, 0.4) is 0 Å². The first-order chi connectivity index (χ1) is 15.8. The second-order valence-electron chi connectivity index (χ2n) is 6.44. The number of sulfonamides is 1. The fourth-order valence-electron chi connectivity index (χ4n) is 3.29. The van der Waals surface area contributed by atoms with E-state index in [0.717, 1.165) is 0 Å². The number of ether oxygens (including phenoxy) is 3. The Morgan fingerprint density at radius 1 is 1.15 bits per heavy atom. The maximum absolute atomic E-state index is 12.9. The number of halogens is 2. The van der Waals surface area contributed by atoms with Crippen molar-refractivity contribution >= 4 is 32.5 Å². The van der Waals surface area contributed by atoms with E-state index in [-0.39, 0.29) is 44.3 Å². The highest BCUT2D eigenvalue weighted by molar-refractivity contribution is 7.89. The molecule has 0 radical (unpaired) electrons. The smallest absolute Gasteiger partial charge is 0.266 e. The van der Waals surface area contributed by atoms with Gasteiger partial charge >= 0.3 is 0 Å². The maximum Gasteiger partial charge on any atom is 0.266 e. The van der Waals surface area contributed by atoms with Crippen molar-refractivity contribution in [2.45, 2.75) is 4.90 Å². The minimum atomic E-state index is -4.17. The molecule has 0 saturated carbocycles. The van der Waals surface area contributed by atoms with E-state index in [1.54, 1.807) is 0 Å². The lowest BCUT2D eigenvalue weighted by atomic mass is 10.1. The van der Waals surface area contributed by atoms with Crippen LogP contribution in [0, 0.1) is 0 Å². The van der Waals surface area contributed by atoms with Gasteiger partial charge in [0.15, 0.2) is 0 Å². The third-order valence-corrected chi connectivity index (χ3v) is 5.85. The fraction of sp³-hybridized carbons (Fsp3) is 0.158. The van der Waals surface area contributed by atoms with Gasteiger partial charge in [-0.15, -0.1) is 0 Å². The van der Waals surface area contributed by atoms with Crippen LogP contribution < -0.4 is 19.3 Å². The molecular formula is C19H16ClFN6O5S. The SMILES string of the molecule is COc1nc(-n2cc(S(N)(=O)=O)c3ccc(Cl)c(-c4cnccn4)c32)nc(OC)c1OCF. The van der Waals surface area contributed by atoms with Gasteiger partial charge in [-0.3, -0.25) is 14.5 Å². The Balaban J connectivity index is 2.14. The largest absolute Gasteiger partial charge is 0.478 e. The summed E-state index contributed by atoms with van der Waals surface area (Å²) in [5, 5.41) is 5.97. The van der Waals surface area contributed by atoms with Gasteiger partial charge in [-0.05, 0) is 12.1 Å². The highest BCUT2D eigenvalue weighted by Crippen LogP contribution is 2.40. The Hall–Kier alpha value is -3.55. The third-order valence-electron chi connectivity index (χ3n) is 4.60. The van der Waals surface area contributed by atoms with Crippen molar-refractivity contribution in [2.24, 2.45) is 5.14 Å². The van der Waals surface area contributed by atoms with Crippen LogP contribution in [0.25, 0.3) is 28.1 Å². The predicted octanol–water partition coefficient (Wildman–Crippen LogP) is 2.50. The van der Waals surface area contributed by atoms with Crippen LogP contribution in [0.4, 0.5) is 4.39 Å². The van der Waals surface area contributed by atoms with Crippen LogP contribution in [0.2, 0.25) is 5.02 Å². The molecule has 3 heterocycles. The molecule has 0 bridgehead atoms. The minimum Gasteiger partial charge on any atom is -0.478 e. The third kappa shape index (κ3) is 4.01. The summed E-state index contributed by atoms with van der Waals surface area (Å²) in [6.45, 7) is -1.18. The van der Waals surface area contributed by atoms with Gasteiger partial charge in [0, 0.05) is 29.5 Å². The number of hydrogen-bond donors (Lipinski definition) is 1. The summed E-state index contributed by atoms with van der Waals surface area (Å²) < 4.78 is 54.2. The molecule has 0 amide bonds. The number of aromatic nitrogens is 5. The number of benzene rings is 1. The lowest BCUT2D eigenvalue weighted by Crippen LogP contribution is -2.11. The standard InChI is InChI=1S/C19H16ClFN6O5S/c1-30-17-16(32-9-21)18(31-2)26-19(25-17)27-8-13(33(22,28)29)10-3-4-11(20)14(15(10)27)12-7-23-5-6-24-12/h3-8H,9H2,1-2H3,(H2,22,28,29). The van der Waals surface area contributed by atoms with Crippen molar-refractivity contribution in [2.75, 3.05) is 21.1 Å². The Kier molecular flexibility index (Phi) is 6.01. The van der Waals surface area contributed by atoms with E-state index < -0.39 is 16.9 Å². The van der Waals surface area contributed by atoms with Gasteiger partial charge in [-0.1, -0.05) is 11.6 Å². The zero-order chi connectivity index (χ0) is 23.8. The van der Waals surface area contributed by atoms with Crippen LogP contribution in [-0.4, -0.2) is 54.0 Å².